The summed E-state index contributed by atoms with van der Waals surface area (Å²) in [5.41, 5.74) is -3.97. The van der Waals surface area contributed by atoms with Gasteiger partial charge in [0.1, 0.15) is 90.8 Å². The minimum absolute atomic E-state index is 0.459. The third-order valence-corrected chi connectivity index (χ3v) is 25.7. The van der Waals surface area contributed by atoms with E-state index in [0.29, 0.717) is 0 Å². The quantitative estimate of drug-likeness (QED) is 0.0317. The molecule has 4 aromatic rings. The monoisotopic (exact) mass is 1410 g/mol. The van der Waals surface area contributed by atoms with E-state index in [2.05, 4.69) is 239 Å². The van der Waals surface area contributed by atoms with Crippen molar-refractivity contribution in [2.24, 2.45) is 0 Å². The molecule has 0 saturated heterocycles. The van der Waals surface area contributed by atoms with Gasteiger partial charge in [0.2, 0.25) is 18.1 Å². The Labute approximate surface area is 612 Å². The van der Waals surface area contributed by atoms with Crippen molar-refractivity contribution < 1.29 is 42.0 Å². The van der Waals surface area contributed by atoms with E-state index in [-0.39, 0.29) is 0 Å². The van der Waals surface area contributed by atoms with Crippen LogP contribution >= 0.6 is 0 Å². The molecule has 99 heavy (non-hydrogen) atoms. The van der Waals surface area contributed by atoms with Gasteiger partial charge in [-0.25, -0.2) is 0 Å². The highest BCUT2D eigenvalue weighted by atomic mass is 28.4. The molecule has 0 aromatic heterocycles. The van der Waals surface area contributed by atoms with Gasteiger partial charge in [-0.3, -0.25) is 0 Å². The number of hydrogen-bond acceptors (Lipinski definition) is 9. The molecule has 0 amide bonds. The first-order chi connectivity index (χ1) is 46.6. The third-order valence-electron chi connectivity index (χ3n) is 19.5. The average molecular weight is 1410 g/mol. The van der Waals surface area contributed by atoms with Gasteiger partial charge in [0, 0.05) is 20.7 Å². The Morgan fingerprint density at radius 2 is 0.364 bits per heavy atom. The van der Waals surface area contributed by atoms with Gasteiger partial charge in [-0.15, -0.1) is 0 Å². The molecule has 9 nitrogen and oxygen atoms in total. The van der Waals surface area contributed by atoms with Gasteiger partial charge < -0.3 is 42.0 Å². The van der Waals surface area contributed by atoms with Crippen molar-refractivity contribution in [2.45, 2.75) is 416 Å². The second kappa shape index (κ2) is 41.8. The summed E-state index contributed by atoms with van der Waals surface area (Å²) in [5.74, 6) is 6.28. The van der Waals surface area contributed by atoms with Crippen LogP contribution in [0.1, 0.15) is 372 Å². The third kappa shape index (κ3) is 32.5. The van der Waals surface area contributed by atoms with E-state index in [0.717, 1.165) is 272 Å². The standard InChI is InChI=1S/C88H150O9Si2/c1-25-33-41-57-81(9,10)89-69-49-53-73(93-85(17,18)61-45-37-29-5)77(65-69)98(78-66-70(90-82(11,12)58-42-34-26-2)50-54-74(78)94-86(19,20)62-46-38-30-6)97-99(79-67-71(91-83(13,14)59-43-35-27-3)51-55-75(79)95-87(21,22)63-47-39-31-7)80-68-72(92-84(15,16)60-44-36-28-4)52-56-76(80)96-88(23,24)64-48-40-32-8/h49-56,65-68,98-99H,25-48,57-64H2,1-24H3. The Bertz CT molecular complexity index is 2520. The van der Waals surface area contributed by atoms with Crippen LogP contribution in [0.5, 0.6) is 46.0 Å². The smallest absolute Gasteiger partial charge is 0.236 e. The molecule has 0 heterocycles. The molecule has 0 spiro atoms. The lowest BCUT2D eigenvalue weighted by molar-refractivity contribution is 0.0916. The summed E-state index contributed by atoms with van der Waals surface area (Å²) >= 11 is 0. The summed E-state index contributed by atoms with van der Waals surface area (Å²) in [7, 11) is -6.61. The minimum atomic E-state index is -3.31. The van der Waals surface area contributed by atoms with E-state index >= 15 is 0 Å². The topological polar surface area (TPSA) is 83.1 Å². The van der Waals surface area contributed by atoms with E-state index in [9.17, 15) is 0 Å². The van der Waals surface area contributed by atoms with Crippen LogP contribution in [0, 0.1) is 0 Å². The van der Waals surface area contributed by atoms with Crippen LogP contribution in [-0.4, -0.2) is 62.9 Å². The second-order valence-corrected chi connectivity index (χ2v) is 39.3. The molecule has 0 aliphatic heterocycles. The molecule has 11 heteroatoms. The van der Waals surface area contributed by atoms with Gasteiger partial charge in [0.15, 0.2) is 0 Å². The zero-order valence-electron chi connectivity index (χ0n) is 68.4. The van der Waals surface area contributed by atoms with Crippen molar-refractivity contribution in [3.05, 3.63) is 72.8 Å². The minimum Gasteiger partial charge on any atom is -0.488 e. The van der Waals surface area contributed by atoms with Gasteiger partial charge in [-0.1, -0.05) is 158 Å². The molecular formula is C88H150O9Si2. The van der Waals surface area contributed by atoms with Crippen LogP contribution in [0.3, 0.4) is 0 Å². The summed E-state index contributed by atoms with van der Waals surface area (Å²) in [5, 5.41) is 3.91. The van der Waals surface area contributed by atoms with E-state index in [1.165, 1.54) is 0 Å². The maximum absolute atomic E-state index is 9.00. The first kappa shape index (κ1) is 87.1. The molecular weight excluding hydrogens is 1260 g/mol. The molecule has 0 aliphatic rings. The largest absolute Gasteiger partial charge is 0.488 e. The number of rotatable bonds is 54. The molecule has 0 fully saturated rings. The maximum atomic E-state index is 9.00. The van der Waals surface area contributed by atoms with E-state index < -0.39 is 62.9 Å². The average Bonchev–Trinajstić information content (AvgIpc) is 0.762. The first-order valence-electron chi connectivity index (χ1n) is 40.3. The zero-order valence-corrected chi connectivity index (χ0v) is 70.7. The maximum Gasteiger partial charge on any atom is 0.236 e. The summed E-state index contributed by atoms with van der Waals surface area (Å²) in [4.78, 5) is 0. The van der Waals surface area contributed by atoms with Crippen molar-refractivity contribution in [1.29, 1.82) is 0 Å². The van der Waals surface area contributed by atoms with Crippen molar-refractivity contribution in [3.63, 3.8) is 0 Å². The summed E-state index contributed by atoms with van der Waals surface area (Å²) in [6, 6.07) is 26.5. The van der Waals surface area contributed by atoms with Gasteiger partial charge in [0.05, 0.1) is 0 Å². The lowest BCUT2D eigenvalue weighted by Crippen LogP contribution is -2.58. The van der Waals surface area contributed by atoms with E-state index in [4.69, 9.17) is 42.0 Å². The lowest BCUT2D eigenvalue weighted by Gasteiger charge is -2.36. The predicted octanol–water partition coefficient (Wildman–Crippen LogP) is 24.0. The second-order valence-electron chi connectivity index (χ2n) is 34.2. The molecule has 0 unspecified atom stereocenters. The van der Waals surface area contributed by atoms with Crippen LogP contribution < -0.4 is 58.6 Å². The SMILES string of the molecule is CCCCCC(C)(C)Oc1ccc(OC(C)(C)CCCCC)c([SiH](O[SiH](c2cc(OC(C)(C)CCCCC)ccc2OC(C)(C)CCCCC)c2cc(OC(C)(C)CCCCC)ccc2OC(C)(C)CCCCC)c2cc(OC(C)(C)CCCCC)ccc2OC(C)(C)CCCCC)c1. The highest BCUT2D eigenvalue weighted by molar-refractivity contribution is 6.93. The van der Waals surface area contributed by atoms with Crippen LogP contribution in [-0.2, 0) is 4.12 Å². The fourth-order valence-corrected chi connectivity index (χ4v) is 20.6. The van der Waals surface area contributed by atoms with Gasteiger partial charge in [0.25, 0.3) is 0 Å². The van der Waals surface area contributed by atoms with Crippen LogP contribution in [0.4, 0.5) is 0 Å². The fraction of sp³-hybridized carbons (Fsp3) is 0.727. The Kier molecular flexibility index (Phi) is 36.8. The predicted molar refractivity (Wildman–Crippen MR) is 430 cm³/mol. The molecule has 0 bridgehead atoms. The molecule has 0 saturated carbocycles. The Hall–Kier alpha value is -4.33. The molecule has 0 atom stereocenters. The van der Waals surface area contributed by atoms with Crippen LogP contribution in [0.15, 0.2) is 72.8 Å². The van der Waals surface area contributed by atoms with Crippen LogP contribution in [0.25, 0.3) is 0 Å². The molecule has 4 rings (SSSR count). The molecule has 0 aliphatic carbocycles. The number of ether oxygens (including phenoxy) is 8. The molecule has 0 radical (unpaired) electrons. The molecule has 564 valence electrons. The van der Waals surface area contributed by atoms with Crippen molar-refractivity contribution in [2.75, 3.05) is 0 Å². The Morgan fingerprint density at radius 3 is 0.515 bits per heavy atom. The molecule has 0 N–H and O–H groups in total. The Balaban J connectivity index is 2.48. The van der Waals surface area contributed by atoms with Crippen molar-refractivity contribution >= 4 is 38.8 Å². The molecule has 4 aromatic carbocycles. The van der Waals surface area contributed by atoms with E-state index in [1.807, 2.05) is 0 Å². The Morgan fingerprint density at radius 1 is 0.212 bits per heavy atom. The highest BCUT2D eigenvalue weighted by Gasteiger charge is 2.40. The van der Waals surface area contributed by atoms with Gasteiger partial charge in [-0.05, 0) is 286 Å². The summed E-state index contributed by atoms with van der Waals surface area (Å²) in [6.45, 7) is 54.2. The van der Waals surface area contributed by atoms with Gasteiger partial charge in [-0.2, -0.15) is 0 Å². The number of benzene rings is 4. The summed E-state index contributed by atoms with van der Waals surface area (Å²) in [6.07, 6.45) is 33.8. The van der Waals surface area contributed by atoms with E-state index in [1.54, 1.807) is 0 Å². The zero-order chi connectivity index (χ0) is 73.6. The number of hydrogen-bond donors (Lipinski definition) is 0. The fourth-order valence-electron chi connectivity index (χ4n) is 13.6. The number of unbranched alkanes of at least 4 members (excludes halogenated alkanes) is 16. The van der Waals surface area contributed by atoms with Crippen molar-refractivity contribution in [1.82, 2.24) is 0 Å². The highest BCUT2D eigenvalue weighted by Crippen LogP contribution is 2.36. The first-order valence-corrected chi connectivity index (χ1v) is 43.6. The normalized spacial score (nSPS) is 12.9. The lowest BCUT2D eigenvalue weighted by atomic mass is 10.00. The van der Waals surface area contributed by atoms with Crippen molar-refractivity contribution in [3.8, 4) is 46.0 Å². The summed E-state index contributed by atoms with van der Waals surface area (Å²) < 4.78 is 69.0. The van der Waals surface area contributed by atoms with Crippen LogP contribution in [0.2, 0.25) is 0 Å². The van der Waals surface area contributed by atoms with Gasteiger partial charge >= 0.3 is 0 Å².